The molecular formula is C34H41F2N5O4S. The average Bonchev–Trinajstić information content (AvgIpc) is 3.72. The van der Waals surface area contributed by atoms with Gasteiger partial charge in [-0.3, -0.25) is 9.79 Å². The van der Waals surface area contributed by atoms with E-state index in [1.807, 2.05) is 61.7 Å². The number of aliphatic imine (C=N–C) groups is 1. The Morgan fingerprint density at radius 3 is 2.61 bits per heavy atom. The maximum atomic E-state index is 15.8. The number of nitrogens with one attached hydrogen (secondary N) is 1. The predicted molar refractivity (Wildman–Crippen MR) is 174 cm³/mol. The Bertz CT molecular complexity index is 1670. The van der Waals surface area contributed by atoms with Gasteiger partial charge in [0.1, 0.15) is 17.5 Å². The molecule has 0 fully saturated rings. The molecular weight excluding hydrogens is 612 g/mol. The highest BCUT2D eigenvalue weighted by molar-refractivity contribution is 7.11. The third kappa shape index (κ3) is 6.86. The van der Waals surface area contributed by atoms with Crippen molar-refractivity contribution < 1.29 is 27.8 Å². The van der Waals surface area contributed by atoms with Gasteiger partial charge in [0, 0.05) is 30.0 Å². The molecule has 2 aromatic heterocycles. The van der Waals surface area contributed by atoms with Gasteiger partial charge in [0.2, 0.25) is 0 Å². The number of carbonyl (C=O) groups is 2. The number of aromatic nitrogens is 2. The number of hydrogen-bond donors (Lipinski definition) is 1. The second kappa shape index (κ2) is 13.0. The van der Waals surface area contributed by atoms with E-state index in [-0.39, 0.29) is 31.2 Å². The molecule has 1 aromatic carbocycles. The first-order chi connectivity index (χ1) is 21.7. The van der Waals surface area contributed by atoms with Crippen molar-refractivity contribution in [3.63, 3.8) is 0 Å². The number of anilines is 1. The van der Waals surface area contributed by atoms with E-state index in [1.54, 1.807) is 32.2 Å². The lowest BCUT2D eigenvalue weighted by Crippen LogP contribution is -2.39. The molecule has 0 saturated heterocycles. The Balaban J connectivity index is 1.48. The number of thiazole rings is 1. The van der Waals surface area contributed by atoms with Crippen LogP contribution in [0, 0.1) is 18.2 Å². The van der Waals surface area contributed by atoms with Crippen molar-refractivity contribution in [2.45, 2.75) is 79.2 Å². The Morgan fingerprint density at radius 1 is 1.17 bits per heavy atom. The number of nitrogens with zero attached hydrogens (tertiary/aromatic N) is 4. The van der Waals surface area contributed by atoms with E-state index in [0.717, 1.165) is 0 Å². The Morgan fingerprint density at radius 2 is 1.93 bits per heavy atom. The van der Waals surface area contributed by atoms with Crippen LogP contribution in [0.2, 0.25) is 0 Å². The molecule has 4 heterocycles. The van der Waals surface area contributed by atoms with E-state index in [9.17, 15) is 14.0 Å². The minimum Gasteiger partial charge on any atom is -0.463 e. The number of carbonyl (C=O) groups excluding carboxylic acids is 2. The molecule has 1 N–H and O–H groups in total. The summed E-state index contributed by atoms with van der Waals surface area (Å²) in [6, 6.07) is 5.69. The van der Waals surface area contributed by atoms with Crippen molar-refractivity contribution in [2.24, 2.45) is 10.4 Å². The first-order valence-corrected chi connectivity index (χ1v) is 16.3. The van der Waals surface area contributed by atoms with Gasteiger partial charge in [-0.2, -0.15) is 0 Å². The highest BCUT2D eigenvalue weighted by atomic mass is 32.1. The second-order valence-corrected chi connectivity index (χ2v) is 14.1. The summed E-state index contributed by atoms with van der Waals surface area (Å²) in [7, 11) is 0. The molecule has 2 aliphatic rings. The summed E-state index contributed by atoms with van der Waals surface area (Å²) in [5, 5.41) is 5.71. The normalized spacial score (nSPS) is 18.3. The number of fused-ring (bicyclic) bond motifs is 1. The molecule has 5 rings (SSSR count). The van der Waals surface area contributed by atoms with Crippen molar-refractivity contribution in [1.29, 1.82) is 0 Å². The lowest BCUT2D eigenvalue weighted by molar-refractivity contribution is -0.166. The maximum Gasteiger partial charge on any atom is 0.338 e. The first-order valence-electron chi connectivity index (χ1n) is 15.4. The van der Waals surface area contributed by atoms with Crippen LogP contribution in [0.4, 0.5) is 14.5 Å². The van der Waals surface area contributed by atoms with Crippen LogP contribution in [0.1, 0.15) is 82.0 Å². The van der Waals surface area contributed by atoms with Gasteiger partial charge in [-0.1, -0.05) is 12.1 Å². The highest BCUT2D eigenvalue weighted by Crippen LogP contribution is 2.41. The Hall–Kier alpha value is -4.06. The molecule has 9 nitrogen and oxygen atoms in total. The van der Waals surface area contributed by atoms with E-state index in [1.165, 1.54) is 17.4 Å². The Kier molecular flexibility index (Phi) is 9.40. The molecule has 0 bridgehead atoms. The minimum atomic E-state index is -1.29. The molecule has 2 atom stereocenters. The van der Waals surface area contributed by atoms with Gasteiger partial charge in [0.15, 0.2) is 17.0 Å². The predicted octanol–water partition coefficient (Wildman–Crippen LogP) is 6.59. The Labute approximate surface area is 272 Å². The summed E-state index contributed by atoms with van der Waals surface area (Å²) in [6.45, 7) is 13.3. The topological polar surface area (TPSA) is 98.0 Å². The molecule has 0 spiro atoms. The van der Waals surface area contributed by atoms with Crippen LogP contribution >= 0.6 is 11.3 Å². The van der Waals surface area contributed by atoms with Gasteiger partial charge in [-0.25, -0.2) is 18.6 Å². The largest absolute Gasteiger partial charge is 0.463 e. The van der Waals surface area contributed by atoms with Crippen molar-refractivity contribution in [3.8, 4) is 0 Å². The third-order valence-corrected chi connectivity index (χ3v) is 8.92. The third-order valence-electron chi connectivity index (χ3n) is 8.14. The number of hydrogen-bond acceptors (Lipinski definition) is 9. The van der Waals surface area contributed by atoms with Crippen LogP contribution in [-0.2, 0) is 25.6 Å². The molecule has 46 heavy (non-hydrogen) atoms. The summed E-state index contributed by atoms with van der Waals surface area (Å²) >= 11 is 1.38. The van der Waals surface area contributed by atoms with E-state index in [0.29, 0.717) is 52.0 Å². The molecule has 0 aliphatic carbocycles. The van der Waals surface area contributed by atoms with Gasteiger partial charge >= 0.3 is 11.9 Å². The van der Waals surface area contributed by atoms with Crippen LogP contribution in [-0.4, -0.2) is 52.6 Å². The van der Waals surface area contributed by atoms with Crippen LogP contribution in [0.25, 0.3) is 0 Å². The summed E-state index contributed by atoms with van der Waals surface area (Å²) < 4.78 is 43.5. The zero-order chi connectivity index (χ0) is 33.4. The SMILES string of the molecule is CCOC(=O)C1=C(CN2CC(F)c3c2ccn3CCC(C)(C)C(=O)OC(C)(C)C)NC(c2nccs2)=N[C@H]1c1cccc(F)c1C. The molecule has 0 radical (unpaired) electrons. The summed E-state index contributed by atoms with van der Waals surface area (Å²) in [6.07, 6.45) is 2.64. The number of alkyl halides is 1. The van der Waals surface area contributed by atoms with Crippen molar-refractivity contribution in [2.75, 3.05) is 24.6 Å². The number of rotatable bonds is 10. The fraction of sp³-hybridized carbons (Fsp3) is 0.471. The first kappa shape index (κ1) is 33.3. The van der Waals surface area contributed by atoms with Crippen LogP contribution in [0.5, 0.6) is 0 Å². The van der Waals surface area contributed by atoms with Gasteiger partial charge in [0.05, 0.1) is 42.1 Å². The summed E-state index contributed by atoms with van der Waals surface area (Å²) in [4.78, 5) is 37.5. The molecule has 0 saturated carbocycles. The molecule has 246 valence electrons. The van der Waals surface area contributed by atoms with E-state index >= 15 is 4.39 Å². The van der Waals surface area contributed by atoms with Gasteiger partial charge in [0.25, 0.3) is 0 Å². The molecule has 12 heteroatoms. The summed E-state index contributed by atoms with van der Waals surface area (Å²) in [5.74, 6) is -0.860. The maximum absolute atomic E-state index is 15.8. The van der Waals surface area contributed by atoms with Gasteiger partial charge < -0.3 is 24.3 Å². The fourth-order valence-corrected chi connectivity index (χ4v) is 6.27. The van der Waals surface area contributed by atoms with Gasteiger partial charge in [-0.15, -0.1) is 11.3 Å². The number of benzene rings is 1. The molecule has 1 unspecified atom stereocenters. The minimum absolute atomic E-state index is 0.0651. The average molecular weight is 654 g/mol. The van der Waals surface area contributed by atoms with Crippen molar-refractivity contribution in [1.82, 2.24) is 14.9 Å². The van der Waals surface area contributed by atoms with Crippen LogP contribution < -0.4 is 10.2 Å². The zero-order valence-corrected chi connectivity index (χ0v) is 28.1. The van der Waals surface area contributed by atoms with E-state index in [4.69, 9.17) is 14.5 Å². The molecule has 0 amide bonds. The number of ether oxygens (including phenoxy) is 2. The van der Waals surface area contributed by atoms with Crippen molar-refractivity contribution in [3.05, 3.63) is 81.0 Å². The number of esters is 2. The molecule has 3 aromatic rings. The van der Waals surface area contributed by atoms with Crippen LogP contribution in [0.15, 0.2) is 58.3 Å². The van der Waals surface area contributed by atoms with Crippen molar-refractivity contribution >= 4 is 34.8 Å². The number of amidine groups is 1. The number of halogens is 2. The van der Waals surface area contributed by atoms with Gasteiger partial charge in [-0.05, 0) is 78.1 Å². The van der Waals surface area contributed by atoms with E-state index < -0.39 is 35.0 Å². The monoisotopic (exact) mass is 653 g/mol. The summed E-state index contributed by atoms with van der Waals surface area (Å²) in [5.41, 5.74) is 1.45. The fourth-order valence-electron chi connectivity index (χ4n) is 5.68. The number of aryl methyl sites for hydroxylation is 1. The standard InChI is InChI=1S/C34H41F2N5O4S/c1-8-44-31(42)26-24(38-29(30-37-14-17-46-30)39-27(26)21-10-9-11-22(35)20(21)2)19-41-18-23(36)28-25(41)12-15-40(28)16-13-34(6,7)32(43)45-33(3,4)5/h9-12,14-15,17,23,27H,8,13,16,18-19H2,1-7H3,(H,38,39)/t23?,27-/m0/s1. The molecule has 2 aliphatic heterocycles. The zero-order valence-electron chi connectivity index (χ0n) is 27.3. The van der Waals surface area contributed by atoms with E-state index in [2.05, 4.69) is 10.3 Å². The smallest absolute Gasteiger partial charge is 0.338 e. The second-order valence-electron chi connectivity index (χ2n) is 13.2. The lowest BCUT2D eigenvalue weighted by atomic mass is 9.89. The van der Waals surface area contributed by atoms with Crippen LogP contribution in [0.3, 0.4) is 0 Å². The highest BCUT2D eigenvalue weighted by Gasteiger charge is 2.39. The quantitative estimate of drug-likeness (QED) is 0.247. The lowest BCUT2D eigenvalue weighted by Gasteiger charge is -2.30.